The van der Waals surface area contributed by atoms with Gasteiger partial charge < -0.3 is 10.2 Å². The third-order valence-corrected chi connectivity index (χ3v) is 6.06. The molecular formula is C17H18N4O3S. The van der Waals surface area contributed by atoms with E-state index in [2.05, 4.69) is 15.2 Å². The van der Waals surface area contributed by atoms with Gasteiger partial charge in [-0.25, -0.2) is 4.98 Å². The van der Waals surface area contributed by atoms with Gasteiger partial charge in [-0.2, -0.15) is 0 Å². The molecule has 2 aromatic rings. The quantitative estimate of drug-likeness (QED) is 0.670. The first-order chi connectivity index (χ1) is 12.1. The molecule has 2 bridgehead atoms. The van der Waals surface area contributed by atoms with Crippen molar-refractivity contribution in [1.29, 1.82) is 0 Å². The van der Waals surface area contributed by atoms with E-state index in [1.807, 2.05) is 0 Å². The zero-order valence-corrected chi connectivity index (χ0v) is 14.4. The lowest BCUT2D eigenvalue weighted by Gasteiger charge is -2.44. The number of nitro groups is 1. The molecule has 3 fully saturated rings. The van der Waals surface area contributed by atoms with Crippen LogP contribution in [0.4, 0.5) is 5.69 Å². The zero-order valence-electron chi connectivity index (χ0n) is 13.6. The molecule has 3 aliphatic rings. The van der Waals surface area contributed by atoms with Gasteiger partial charge in [-0.05, 0) is 37.9 Å². The summed E-state index contributed by atoms with van der Waals surface area (Å²) in [4.78, 5) is 30.4. The SMILES string of the molecule is O=C(N[C@H]1CN2CCC1CC2)c1cnc(-c2ccccc2[N+](=O)[O-])s1. The monoisotopic (exact) mass is 358 g/mol. The molecule has 1 aromatic carbocycles. The van der Waals surface area contributed by atoms with Gasteiger partial charge in [0.1, 0.15) is 9.88 Å². The van der Waals surface area contributed by atoms with Gasteiger partial charge in [0, 0.05) is 18.7 Å². The predicted octanol–water partition coefficient (Wildman–Crippen LogP) is 2.54. The Morgan fingerprint density at radius 1 is 1.32 bits per heavy atom. The molecule has 8 heteroatoms. The molecule has 0 unspecified atom stereocenters. The molecule has 0 saturated carbocycles. The van der Waals surface area contributed by atoms with E-state index in [-0.39, 0.29) is 17.6 Å². The van der Waals surface area contributed by atoms with Crippen LogP contribution in [0.25, 0.3) is 10.6 Å². The Bertz CT molecular complexity index is 814. The van der Waals surface area contributed by atoms with Gasteiger partial charge in [-0.3, -0.25) is 14.9 Å². The van der Waals surface area contributed by atoms with E-state index in [0.717, 1.165) is 32.5 Å². The van der Waals surface area contributed by atoms with E-state index < -0.39 is 4.92 Å². The number of aromatic nitrogens is 1. The van der Waals surface area contributed by atoms with Crippen LogP contribution in [0.3, 0.4) is 0 Å². The summed E-state index contributed by atoms with van der Waals surface area (Å²) in [5.41, 5.74) is 0.445. The van der Waals surface area contributed by atoms with Crippen LogP contribution in [0.2, 0.25) is 0 Å². The Labute approximate surface area is 148 Å². The topological polar surface area (TPSA) is 88.4 Å². The third-order valence-electron chi connectivity index (χ3n) is 5.03. The number of hydrogen-bond acceptors (Lipinski definition) is 6. The molecule has 1 amide bonds. The number of amides is 1. The summed E-state index contributed by atoms with van der Waals surface area (Å²) >= 11 is 1.19. The number of carbonyl (C=O) groups is 1. The molecule has 3 saturated heterocycles. The van der Waals surface area contributed by atoms with E-state index in [1.165, 1.54) is 23.6 Å². The molecule has 3 aliphatic heterocycles. The summed E-state index contributed by atoms with van der Waals surface area (Å²) in [7, 11) is 0. The van der Waals surface area contributed by atoms with Gasteiger partial charge in [0.2, 0.25) is 0 Å². The molecule has 1 aromatic heterocycles. The molecule has 7 nitrogen and oxygen atoms in total. The van der Waals surface area contributed by atoms with Crippen molar-refractivity contribution in [2.75, 3.05) is 19.6 Å². The second-order valence-corrected chi connectivity index (χ2v) is 7.55. The molecule has 0 aliphatic carbocycles. The number of piperidine rings is 3. The lowest BCUT2D eigenvalue weighted by Crippen LogP contribution is -2.57. The van der Waals surface area contributed by atoms with Crippen molar-refractivity contribution in [3.05, 3.63) is 45.5 Å². The van der Waals surface area contributed by atoms with E-state index in [4.69, 9.17) is 0 Å². The fourth-order valence-electron chi connectivity index (χ4n) is 3.69. The molecule has 4 heterocycles. The molecular weight excluding hydrogens is 340 g/mol. The highest BCUT2D eigenvalue weighted by molar-refractivity contribution is 7.17. The number of fused-ring (bicyclic) bond motifs is 3. The standard InChI is InChI=1S/C17H18N4O3S/c22-16(19-13-10-20-7-5-11(13)6-8-20)15-9-18-17(25-15)12-3-1-2-4-14(12)21(23)24/h1-4,9,11,13H,5-8,10H2,(H,19,22)/t13-/m0/s1. The fourth-order valence-corrected chi connectivity index (χ4v) is 4.54. The average molecular weight is 358 g/mol. The lowest BCUT2D eigenvalue weighted by molar-refractivity contribution is -0.384. The number of thiazole rings is 1. The highest BCUT2D eigenvalue weighted by atomic mass is 32.1. The maximum Gasteiger partial charge on any atom is 0.279 e. The van der Waals surface area contributed by atoms with Crippen LogP contribution < -0.4 is 5.32 Å². The maximum atomic E-state index is 12.6. The number of para-hydroxylation sites is 1. The Kier molecular flexibility index (Phi) is 4.22. The molecule has 0 spiro atoms. The second kappa shape index (κ2) is 6.53. The summed E-state index contributed by atoms with van der Waals surface area (Å²) in [5.74, 6) is 0.414. The van der Waals surface area contributed by atoms with Crippen LogP contribution in [0.5, 0.6) is 0 Å². The fraction of sp³-hybridized carbons (Fsp3) is 0.412. The van der Waals surface area contributed by atoms with Crippen molar-refractivity contribution in [2.24, 2.45) is 5.92 Å². The molecule has 1 N–H and O–H groups in total. The minimum absolute atomic E-state index is 0.00111. The van der Waals surface area contributed by atoms with Gasteiger partial charge >= 0.3 is 0 Å². The van der Waals surface area contributed by atoms with Crippen molar-refractivity contribution in [3.8, 4) is 10.6 Å². The summed E-state index contributed by atoms with van der Waals surface area (Å²) in [6, 6.07) is 6.65. The number of hydrogen-bond donors (Lipinski definition) is 1. The number of nitrogens with one attached hydrogen (secondary N) is 1. The van der Waals surface area contributed by atoms with Crippen LogP contribution in [0.15, 0.2) is 30.5 Å². The second-order valence-electron chi connectivity index (χ2n) is 6.52. The molecule has 5 rings (SSSR count). The highest BCUT2D eigenvalue weighted by Gasteiger charge is 2.35. The van der Waals surface area contributed by atoms with Crippen molar-refractivity contribution in [3.63, 3.8) is 0 Å². The van der Waals surface area contributed by atoms with Crippen molar-refractivity contribution < 1.29 is 9.72 Å². The summed E-state index contributed by atoms with van der Waals surface area (Å²) in [6.45, 7) is 3.16. The van der Waals surface area contributed by atoms with Gasteiger partial charge in [0.15, 0.2) is 0 Å². The number of carbonyl (C=O) groups excluding carboxylic acids is 1. The number of nitro benzene ring substituents is 1. The lowest BCUT2D eigenvalue weighted by atomic mass is 9.84. The minimum atomic E-state index is -0.427. The maximum absolute atomic E-state index is 12.6. The highest BCUT2D eigenvalue weighted by Crippen LogP contribution is 2.33. The Balaban J connectivity index is 1.51. The summed E-state index contributed by atoms with van der Waals surface area (Å²) in [6.07, 6.45) is 3.78. The van der Waals surface area contributed by atoms with Crippen LogP contribution in [0, 0.1) is 16.0 Å². The van der Waals surface area contributed by atoms with Crippen LogP contribution in [-0.4, -0.2) is 46.4 Å². The van der Waals surface area contributed by atoms with Crippen LogP contribution >= 0.6 is 11.3 Å². The molecule has 25 heavy (non-hydrogen) atoms. The van der Waals surface area contributed by atoms with Crippen molar-refractivity contribution in [2.45, 2.75) is 18.9 Å². The van der Waals surface area contributed by atoms with E-state index in [9.17, 15) is 14.9 Å². The van der Waals surface area contributed by atoms with Crippen molar-refractivity contribution >= 4 is 22.9 Å². The van der Waals surface area contributed by atoms with Crippen molar-refractivity contribution in [1.82, 2.24) is 15.2 Å². The number of rotatable bonds is 4. The van der Waals surface area contributed by atoms with Gasteiger partial charge in [-0.15, -0.1) is 11.3 Å². The molecule has 130 valence electrons. The van der Waals surface area contributed by atoms with Gasteiger partial charge in [0.05, 0.1) is 16.7 Å². The van der Waals surface area contributed by atoms with E-state index in [1.54, 1.807) is 18.2 Å². The first kappa shape index (κ1) is 16.2. The normalized spacial score (nSPS) is 24.9. The number of benzene rings is 1. The smallest absolute Gasteiger partial charge is 0.279 e. The summed E-state index contributed by atoms with van der Waals surface area (Å²) < 4.78 is 0. The van der Waals surface area contributed by atoms with Gasteiger partial charge in [0.25, 0.3) is 11.6 Å². The molecule has 1 atom stereocenters. The first-order valence-electron chi connectivity index (χ1n) is 8.34. The Morgan fingerprint density at radius 2 is 2.08 bits per heavy atom. The largest absolute Gasteiger partial charge is 0.347 e. The van der Waals surface area contributed by atoms with E-state index in [0.29, 0.717) is 21.4 Å². The first-order valence-corrected chi connectivity index (χ1v) is 9.16. The molecule has 0 radical (unpaired) electrons. The zero-order chi connectivity index (χ0) is 17.4. The Morgan fingerprint density at radius 3 is 2.76 bits per heavy atom. The van der Waals surface area contributed by atoms with Crippen LogP contribution in [-0.2, 0) is 0 Å². The Hall–Kier alpha value is -2.32. The van der Waals surface area contributed by atoms with Crippen LogP contribution in [0.1, 0.15) is 22.5 Å². The minimum Gasteiger partial charge on any atom is -0.347 e. The third kappa shape index (κ3) is 3.14. The average Bonchev–Trinajstić information content (AvgIpc) is 3.13. The predicted molar refractivity (Wildman–Crippen MR) is 94.6 cm³/mol. The summed E-state index contributed by atoms with van der Waals surface area (Å²) in [5, 5.41) is 14.8. The van der Waals surface area contributed by atoms with E-state index >= 15 is 0 Å². The number of nitrogens with zero attached hydrogens (tertiary/aromatic N) is 3. The van der Waals surface area contributed by atoms with Gasteiger partial charge in [-0.1, -0.05) is 12.1 Å².